The maximum Gasteiger partial charge on any atom is 0.332 e. The molecule has 0 heterocycles. The second kappa shape index (κ2) is 18.0. The summed E-state index contributed by atoms with van der Waals surface area (Å²) in [4.78, 5) is 39.4. The van der Waals surface area contributed by atoms with E-state index in [1.54, 1.807) is 6.92 Å². The summed E-state index contributed by atoms with van der Waals surface area (Å²) in [6.45, 7) is 2.86. The Morgan fingerprint density at radius 1 is 1.10 bits per heavy atom. The Morgan fingerprint density at radius 2 is 1.57 bits per heavy atom. The van der Waals surface area contributed by atoms with Crippen LogP contribution < -0.4 is 10.6 Å². The van der Waals surface area contributed by atoms with E-state index >= 15 is 0 Å². The van der Waals surface area contributed by atoms with Gasteiger partial charge in [-0.1, -0.05) is 0 Å². The number of carbonyl (C=O) groups excluding carboxylic acids is 4. The van der Waals surface area contributed by atoms with Crippen molar-refractivity contribution in [3.63, 3.8) is 0 Å². The van der Waals surface area contributed by atoms with Crippen LogP contribution in [0.15, 0.2) is 0 Å². The van der Waals surface area contributed by atoms with Crippen molar-refractivity contribution in [1.82, 2.24) is 10.6 Å². The van der Waals surface area contributed by atoms with Crippen molar-refractivity contribution < 1.29 is 34.1 Å². The molecule has 9 heteroatoms. The first kappa shape index (κ1) is 24.0. The van der Waals surface area contributed by atoms with Gasteiger partial charge >= 0.3 is 5.97 Å². The van der Waals surface area contributed by atoms with E-state index in [0.29, 0.717) is 0 Å². The summed E-state index contributed by atoms with van der Waals surface area (Å²) in [5.41, 5.74) is 0. The molecule has 1 atom stereocenters. The molecule has 2 amide bonds. The van der Waals surface area contributed by atoms with Gasteiger partial charge in [0.25, 0.3) is 0 Å². The molecule has 0 aromatic heterocycles. The highest BCUT2D eigenvalue weighted by molar-refractivity contribution is 5.77. The summed E-state index contributed by atoms with van der Waals surface area (Å²) in [5, 5.41) is 21.2. The predicted molar refractivity (Wildman–Crippen MR) is 74.2 cm³/mol. The molecule has 21 heavy (non-hydrogen) atoms. The quantitative estimate of drug-likeness (QED) is 0.415. The number of aliphatic hydroxyl groups excluding tert-OH is 2. The van der Waals surface area contributed by atoms with Gasteiger partial charge < -0.3 is 30.4 Å². The maximum atomic E-state index is 10.7. The number of hydrogen-bond donors (Lipinski definition) is 4. The maximum absolute atomic E-state index is 10.7. The Morgan fingerprint density at radius 3 is 1.86 bits per heavy atom. The molecule has 0 aromatic carbocycles. The van der Waals surface area contributed by atoms with Crippen molar-refractivity contribution in [2.45, 2.75) is 25.9 Å². The number of aliphatic hydroxyl groups is 2. The summed E-state index contributed by atoms with van der Waals surface area (Å²) in [7, 11) is 3.04. The zero-order valence-corrected chi connectivity index (χ0v) is 12.5. The molecule has 9 nitrogen and oxygen atoms in total. The van der Waals surface area contributed by atoms with Gasteiger partial charge in [-0.3, -0.25) is 9.59 Å². The van der Waals surface area contributed by atoms with E-state index in [9.17, 15) is 14.4 Å². The van der Waals surface area contributed by atoms with Crippen LogP contribution in [0.3, 0.4) is 0 Å². The van der Waals surface area contributed by atoms with Gasteiger partial charge in [0.1, 0.15) is 19.5 Å². The van der Waals surface area contributed by atoms with Gasteiger partial charge in [0.15, 0.2) is 0 Å². The first-order valence-electron chi connectivity index (χ1n) is 6.02. The smallest absolute Gasteiger partial charge is 0.332 e. The fourth-order valence-corrected chi connectivity index (χ4v) is 0.893. The van der Waals surface area contributed by atoms with Crippen LogP contribution >= 0.6 is 0 Å². The van der Waals surface area contributed by atoms with Gasteiger partial charge in [0.2, 0.25) is 11.8 Å². The summed E-state index contributed by atoms with van der Waals surface area (Å²) in [6.07, 6.45) is -0.178. The van der Waals surface area contributed by atoms with Crippen LogP contribution in [-0.4, -0.2) is 68.2 Å². The standard InChI is InChI=1S/C7H13NO4.C4H9NO2.CH2O/c1-5(3-6(10)8-2)12-7(11)4-9;1-5-4(7)2-3-6;1-2/h5,9H,3-4H2,1-2H3,(H,8,10);6H,2-3H2,1H3,(H,5,7);1H2. The van der Waals surface area contributed by atoms with Gasteiger partial charge in [0.05, 0.1) is 13.0 Å². The van der Waals surface area contributed by atoms with E-state index in [4.69, 9.17) is 15.0 Å². The molecular formula is C12H24N2O7. The lowest BCUT2D eigenvalue weighted by Gasteiger charge is -2.10. The number of amides is 2. The minimum atomic E-state index is -0.716. The number of ether oxygens (including phenoxy) is 1. The molecular weight excluding hydrogens is 284 g/mol. The number of hydrogen-bond acceptors (Lipinski definition) is 7. The fraction of sp³-hybridized carbons (Fsp3) is 0.667. The van der Waals surface area contributed by atoms with Crippen LogP contribution in [-0.2, 0) is 23.9 Å². The van der Waals surface area contributed by atoms with Crippen molar-refractivity contribution in [1.29, 1.82) is 0 Å². The van der Waals surface area contributed by atoms with E-state index in [2.05, 4.69) is 15.4 Å². The van der Waals surface area contributed by atoms with Gasteiger partial charge in [-0.05, 0) is 6.92 Å². The van der Waals surface area contributed by atoms with Crippen molar-refractivity contribution in [3.05, 3.63) is 0 Å². The van der Waals surface area contributed by atoms with Crippen LogP contribution in [0.4, 0.5) is 0 Å². The van der Waals surface area contributed by atoms with Gasteiger partial charge in [-0.25, -0.2) is 4.79 Å². The predicted octanol–water partition coefficient (Wildman–Crippen LogP) is -2.02. The molecule has 4 N–H and O–H groups in total. The lowest BCUT2D eigenvalue weighted by Crippen LogP contribution is -2.26. The van der Waals surface area contributed by atoms with E-state index in [-0.39, 0.29) is 31.3 Å². The lowest BCUT2D eigenvalue weighted by molar-refractivity contribution is -0.152. The minimum Gasteiger partial charge on any atom is -0.460 e. The molecule has 0 bridgehead atoms. The van der Waals surface area contributed by atoms with Crippen LogP contribution in [0.25, 0.3) is 0 Å². The highest BCUT2D eigenvalue weighted by Gasteiger charge is 2.11. The normalized spacial score (nSPS) is 9.76. The van der Waals surface area contributed by atoms with E-state index < -0.39 is 18.7 Å². The molecule has 0 saturated carbocycles. The molecule has 0 saturated heterocycles. The van der Waals surface area contributed by atoms with Crippen molar-refractivity contribution >= 4 is 24.6 Å². The summed E-state index contributed by atoms with van der Waals surface area (Å²) in [6, 6.07) is 0. The van der Waals surface area contributed by atoms with E-state index in [1.165, 1.54) is 14.1 Å². The monoisotopic (exact) mass is 308 g/mol. The zero-order chi connectivity index (χ0) is 17.3. The summed E-state index contributed by atoms with van der Waals surface area (Å²) < 4.78 is 4.62. The second-order valence-electron chi connectivity index (χ2n) is 3.48. The Hall–Kier alpha value is -2.00. The second-order valence-corrected chi connectivity index (χ2v) is 3.48. The highest BCUT2D eigenvalue weighted by atomic mass is 16.6. The Bertz CT molecular complexity index is 279. The van der Waals surface area contributed by atoms with Gasteiger partial charge in [-0.15, -0.1) is 0 Å². The third kappa shape index (κ3) is 20.5. The van der Waals surface area contributed by atoms with Crippen molar-refractivity contribution in [3.8, 4) is 0 Å². The van der Waals surface area contributed by atoms with Crippen molar-refractivity contribution in [2.24, 2.45) is 0 Å². The number of nitrogens with one attached hydrogen (secondary N) is 2. The van der Waals surface area contributed by atoms with E-state index in [0.717, 1.165) is 0 Å². The minimum absolute atomic E-state index is 0.0698. The molecule has 0 rings (SSSR count). The first-order valence-corrected chi connectivity index (χ1v) is 6.02. The Labute approximate surface area is 123 Å². The molecule has 0 fully saturated rings. The lowest BCUT2D eigenvalue weighted by atomic mass is 10.3. The largest absolute Gasteiger partial charge is 0.460 e. The molecule has 1 unspecified atom stereocenters. The molecule has 124 valence electrons. The molecule has 0 aliphatic carbocycles. The third-order valence-corrected chi connectivity index (χ3v) is 1.83. The Kier molecular flexibility index (Phi) is 20.6. The third-order valence-electron chi connectivity index (χ3n) is 1.83. The Balaban J connectivity index is -0.000000307. The number of esters is 1. The van der Waals surface area contributed by atoms with E-state index in [1.807, 2.05) is 6.79 Å². The zero-order valence-electron chi connectivity index (χ0n) is 12.5. The molecule has 0 radical (unpaired) electrons. The first-order chi connectivity index (χ1) is 9.90. The summed E-state index contributed by atoms with van der Waals surface area (Å²) in [5.74, 6) is -1.04. The van der Waals surface area contributed by atoms with Crippen LogP contribution in [0.5, 0.6) is 0 Å². The van der Waals surface area contributed by atoms with Crippen LogP contribution in [0, 0.1) is 0 Å². The number of carbonyl (C=O) groups is 4. The van der Waals surface area contributed by atoms with Crippen molar-refractivity contribution in [2.75, 3.05) is 27.3 Å². The molecule has 0 spiro atoms. The summed E-state index contributed by atoms with van der Waals surface area (Å²) >= 11 is 0. The number of rotatable bonds is 6. The topological polar surface area (TPSA) is 142 Å². The average Bonchev–Trinajstić information content (AvgIpc) is 2.49. The van der Waals surface area contributed by atoms with Crippen LogP contribution in [0.2, 0.25) is 0 Å². The van der Waals surface area contributed by atoms with Gasteiger partial charge in [-0.2, -0.15) is 0 Å². The average molecular weight is 308 g/mol. The molecule has 0 aliphatic heterocycles. The highest BCUT2D eigenvalue weighted by Crippen LogP contribution is 1.96. The van der Waals surface area contributed by atoms with Crippen LogP contribution in [0.1, 0.15) is 19.8 Å². The van der Waals surface area contributed by atoms with Gasteiger partial charge in [0, 0.05) is 20.5 Å². The fourth-order valence-electron chi connectivity index (χ4n) is 0.893. The SMILES string of the molecule is C=O.CNC(=O)CC(C)OC(=O)CO.CNC(=O)CCO. The molecule has 0 aliphatic rings. The molecule has 0 aromatic rings.